The minimum Gasteiger partial charge on any atom is -0.471 e. The zero-order chi connectivity index (χ0) is 11.4. The lowest BCUT2D eigenvalue weighted by molar-refractivity contribution is 0.297. The van der Waals surface area contributed by atoms with Gasteiger partial charge in [0.25, 0.3) is 0 Å². The maximum Gasteiger partial charge on any atom is 0.233 e. The van der Waals surface area contributed by atoms with Crippen LogP contribution in [0.5, 0.6) is 5.88 Å². The van der Waals surface area contributed by atoms with Gasteiger partial charge in [-0.1, -0.05) is 17.7 Å². The van der Waals surface area contributed by atoms with E-state index in [1.807, 2.05) is 17.5 Å². The summed E-state index contributed by atoms with van der Waals surface area (Å²) in [6.45, 7) is 0.870. The number of pyridine rings is 1. The van der Waals surface area contributed by atoms with Gasteiger partial charge in [-0.3, -0.25) is 0 Å². The Morgan fingerprint density at radius 3 is 3.00 bits per heavy atom. The molecular weight excluding hydrogens is 244 g/mol. The van der Waals surface area contributed by atoms with Gasteiger partial charge in [-0.05, 0) is 23.1 Å². The molecule has 0 amide bonds. The van der Waals surface area contributed by atoms with Gasteiger partial charge in [0.05, 0.1) is 0 Å². The van der Waals surface area contributed by atoms with Crippen molar-refractivity contribution in [3.63, 3.8) is 0 Å². The fourth-order valence-corrected chi connectivity index (χ4v) is 2.11. The molecule has 16 heavy (non-hydrogen) atoms. The molecule has 0 saturated heterocycles. The topological polar surface area (TPSA) is 48.1 Å². The molecular formula is C11H11ClN2OS. The normalized spacial score (nSPS) is 10.4. The molecule has 0 spiro atoms. The number of ether oxygens (including phenoxy) is 1. The fourth-order valence-electron chi connectivity index (χ4n) is 1.25. The Hall–Kier alpha value is -1.10. The van der Waals surface area contributed by atoms with Gasteiger partial charge < -0.3 is 10.5 Å². The molecule has 0 aliphatic heterocycles. The quantitative estimate of drug-likeness (QED) is 0.913. The van der Waals surface area contributed by atoms with E-state index < -0.39 is 0 Å². The number of aromatic nitrogens is 1. The van der Waals surface area contributed by atoms with Crippen molar-refractivity contribution in [1.29, 1.82) is 0 Å². The zero-order valence-electron chi connectivity index (χ0n) is 8.52. The lowest BCUT2D eigenvalue weighted by Gasteiger charge is -2.07. The first-order valence-corrected chi connectivity index (χ1v) is 6.05. The van der Waals surface area contributed by atoms with E-state index in [1.165, 1.54) is 0 Å². The van der Waals surface area contributed by atoms with Crippen LogP contribution in [0.3, 0.4) is 0 Å². The van der Waals surface area contributed by atoms with Crippen molar-refractivity contribution in [2.45, 2.75) is 13.2 Å². The zero-order valence-corrected chi connectivity index (χ0v) is 10.1. The van der Waals surface area contributed by atoms with E-state index >= 15 is 0 Å². The van der Waals surface area contributed by atoms with E-state index in [1.54, 1.807) is 23.6 Å². The molecule has 0 bridgehead atoms. The van der Waals surface area contributed by atoms with E-state index in [2.05, 4.69) is 4.98 Å². The Morgan fingerprint density at radius 2 is 2.31 bits per heavy atom. The van der Waals surface area contributed by atoms with Crippen LogP contribution in [0, 0.1) is 0 Å². The van der Waals surface area contributed by atoms with Gasteiger partial charge in [-0.25, -0.2) is 4.98 Å². The van der Waals surface area contributed by atoms with Crippen molar-refractivity contribution >= 4 is 22.9 Å². The summed E-state index contributed by atoms with van der Waals surface area (Å²) in [5.41, 5.74) is 6.39. The van der Waals surface area contributed by atoms with Crippen LogP contribution in [0.15, 0.2) is 29.8 Å². The summed E-state index contributed by atoms with van der Waals surface area (Å²) in [6, 6.07) is 5.78. The molecule has 0 aliphatic rings. The average molecular weight is 255 g/mol. The molecule has 0 saturated carbocycles. The highest BCUT2D eigenvalue weighted by Gasteiger charge is 2.07. The third kappa shape index (κ3) is 2.52. The van der Waals surface area contributed by atoms with E-state index in [-0.39, 0.29) is 0 Å². The molecule has 3 nitrogen and oxygen atoms in total. The molecule has 0 radical (unpaired) electrons. The molecule has 5 heteroatoms. The predicted molar refractivity (Wildman–Crippen MR) is 65.8 cm³/mol. The van der Waals surface area contributed by atoms with Gasteiger partial charge >= 0.3 is 0 Å². The SMILES string of the molecule is NCc1ccnc(OCc2cccs2)c1Cl. The highest BCUT2D eigenvalue weighted by Crippen LogP contribution is 2.26. The highest BCUT2D eigenvalue weighted by molar-refractivity contribution is 7.09. The fraction of sp³-hybridized carbons (Fsp3) is 0.182. The number of hydrogen-bond donors (Lipinski definition) is 1. The van der Waals surface area contributed by atoms with Gasteiger partial charge in [0.15, 0.2) is 0 Å². The standard InChI is InChI=1S/C11H11ClN2OS/c12-10-8(6-13)3-4-14-11(10)15-7-9-2-1-5-16-9/h1-5H,6-7,13H2. The van der Waals surface area contributed by atoms with Gasteiger partial charge in [-0.2, -0.15) is 0 Å². The molecule has 84 valence electrons. The molecule has 0 fully saturated rings. The van der Waals surface area contributed by atoms with E-state index in [4.69, 9.17) is 22.1 Å². The number of thiophene rings is 1. The number of nitrogens with two attached hydrogens (primary N) is 1. The van der Waals surface area contributed by atoms with Crippen molar-refractivity contribution in [2.75, 3.05) is 0 Å². The third-order valence-corrected chi connectivity index (χ3v) is 3.34. The van der Waals surface area contributed by atoms with E-state index in [9.17, 15) is 0 Å². The first-order chi connectivity index (χ1) is 7.81. The summed E-state index contributed by atoms with van der Waals surface area (Å²) >= 11 is 7.72. The Labute approximate surface area is 103 Å². The number of halogens is 1. The molecule has 0 aliphatic carbocycles. The summed E-state index contributed by atoms with van der Waals surface area (Å²) in [7, 11) is 0. The first kappa shape index (κ1) is 11.4. The van der Waals surface area contributed by atoms with Crippen LogP contribution in [0.25, 0.3) is 0 Å². The minimum absolute atomic E-state index is 0.386. The number of rotatable bonds is 4. The minimum atomic E-state index is 0.386. The van der Waals surface area contributed by atoms with Crippen LogP contribution < -0.4 is 10.5 Å². The predicted octanol–water partition coefficient (Wildman–Crippen LogP) is 2.83. The monoisotopic (exact) mass is 254 g/mol. The Balaban J connectivity index is 2.09. The van der Waals surface area contributed by atoms with Gasteiger partial charge in [0.1, 0.15) is 11.6 Å². The summed E-state index contributed by atoms with van der Waals surface area (Å²) in [6.07, 6.45) is 1.65. The molecule has 2 aromatic rings. The van der Waals surface area contributed by atoms with Crippen LogP contribution in [0.2, 0.25) is 5.02 Å². The first-order valence-electron chi connectivity index (χ1n) is 4.80. The summed E-state index contributed by atoms with van der Waals surface area (Å²) in [5, 5.41) is 2.51. The largest absolute Gasteiger partial charge is 0.471 e. The lowest BCUT2D eigenvalue weighted by Crippen LogP contribution is -2.01. The van der Waals surface area contributed by atoms with Crippen LogP contribution in [0.4, 0.5) is 0 Å². The third-order valence-electron chi connectivity index (χ3n) is 2.09. The molecule has 0 aromatic carbocycles. The second kappa shape index (κ2) is 5.30. The van der Waals surface area contributed by atoms with Crippen LogP contribution >= 0.6 is 22.9 Å². The summed E-state index contributed by atoms with van der Waals surface area (Å²) < 4.78 is 5.54. The smallest absolute Gasteiger partial charge is 0.233 e. The van der Waals surface area contributed by atoms with Crippen molar-refractivity contribution in [1.82, 2.24) is 4.98 Å². The van der Waals surface area contributed by atoms with Crippen LogP contribution in [-0.2, 0) is 13.2 Å². The van der Waals surface area contributed by atoms with Crippen molar-refractivity contribution in [2.24, 2.45) is 5.73 Å². The maximum absolute atomic E-state index is 6.08. The second-order valence-electron chi connectivity index (χ2n) is 3.16. The van der Waals surface area contributed by atoms with Crippen LogP contribution in [0.1, 0.15) is 10.4 Å². The Morgan fingerprint density at radius 1 is 1.44 bits per heavy atom. The number of nitrogens with zero attached hydrogens (tertiary/aromatic N) is 1. The molecule has 2 rings (SSSR count). The van der Waals surface area contributed by atoms with Gasteiger partial charge in [-0.15, -0.1) is 11.3 Å². The molecule has 0 atom stereocenters. The summed E-state index contributed by atoms with van der Waals surface area (Å²) in [5.74, 6) is 0.443. The van der Waals surface area contributed by atoms with Crippen molar-refractivity contribution in [3.05, 3.63) is 45.2 Å². The van der Waals surface area contributed by atoms with Crippen LogP contribution in [-0.4, -0.2) is 4.98 Å². The summed E-state index contributed by atoms with van der Waals surface area (Å²) in [4.78, 5) is 5.22. The van der Waals surface area contributed by atoms with E-state index in [0.29, 0.717) is 24.1 Å². The molecule has 2 N–H and O–H groups in total. The van der Waals surface area contributed by atoms with Crippen molar-refractivity contribution in [3.8, 4) is 5.88 Å². The van der Waals surface area contributed by atoms with Gasteiger partial charge in [0.2, 0.25) is 5.88 Å². The second-order valence-corrected chi connectivity index (χ2v) is 4.57. The highest BCUT2D eigenvalue weighted by atomic mass is 35.5. The number of hydrogen-bond acceptors (Lipinski definition) is 4. The molecule has 2 heterocycles. The van der Waals surface area contributed by atoms with Gasteiger partial charge in [0, 0.05) is 17.6 Å². The average Bonchev–Trinajstić information content (AvgIpc) is 2.81. The van der Waals surface area contributed by atoms with Crippen molar-refractivity contribution < 1.29 is 4.74 Å². The molecule has 0 unspecified atom stereocenters. The Kier molecular flexibility index (Phi) is 3.77. The lowest BCUT2D eigenvalue weighted by atomic mass is 10.3. The Bertz CT molecular complexity index is 459. The maximum atomic E-state index is 6.08. The van der Waals surface area contributed by atoms with E-state index in [0.717, 1.165) is 10.4 Å². The molecule has 2 aromatic heterocycles.